The summed E-state index contributed by atoms with van der Waals surface area (Å²) in [5.74, 6) is 0.195. The second-order valence-corrected chi connectivity index (χ2v) is 7.07. The van der Waals surface area contributed by atoms with Gasteiger partial charge in [-0.1, -0.05) is 12.1 Å². The molecule has 0 unspecified atom stereocenters. The van der Waals surface area contributed by atoms with Gasteiger partial charge in [-0.2, -0.15) is 0 Å². The molecule has 21 heavy (non-hydrogen) atoms. The summed E-state index contributed by atoms with van der Waals surface area (Å²) in [6.45, 7) is 3.60. The van der Waals surface area contributed by atoms with Crippen molar-refractivity contribution in [1.82, 2.24) is 0 Å². The van der Waals surface area contributed by atoms with Crippen molar-refractivity contribution in [3.63, 3.8) is 0 Å². The molecule has 0 aliphatic rings. The molecule has 0 spiro atoms. The van der Waals surface area contributed by atoms with Gasteiger partial charge >= 0.3 is 0 Å². The Morgan fingerprint density at radius 3 is 2.57 bits per heavy atom. The summed E-state index contributed by atoms with van der Waals surface area (Å²) in [6.07, 6.45) is 0. The number of aryl methyl sites for hydroxylation is 1. The van der Waals surface area contributed by atoms with E-state index in [2.05, 4.69) is 15.9 Å². The summed E-state index contributed by atoms with van der Waals surface area (Å²) in [5.41, 5.74) is 1.57. The van der Waals surface area contributed by atoms with Gasteiger partial charge in [0, 0.05) is 12.6 Å². The Kier molecular flexibility index (Phi) is 4.75. The van der Waals surface area contributed by atoms with Gasteiger partial charge in [-0.25, -0.2) is 8.42 Å². The van der Waals surface area contributed by atoms with Gasteiger partial charge in [0.05, 0.1) is 5.69 Å². The SMILES string of the molecule is CCN(c1cccc(C)c1)S(=O)(=O)c1cc(CO)oc1Br. The first-order valence-corrected chi connectivity index (χ1v) is 8.62. The maximum atomic E-state index is 12.8. The number of aliphatic hydroxyl groups excluding tert-OH is 1. The molecule has 0 atom stereocenters. The largest absolute Gasteiger partial charge is 0.450 e. The fraction of sp³-hybridized carbons (Fsp3) is 0.286. The smallest absolute Gasteiger partial charge is 0.268 e. The lowest BCUT2D eigenvalue weighted by Gasteiger charge is -2.22. The van der Waals surface area contributed by atoms with Crippen molar-refractivity contribution in [2.45, 2.75) is 25.3 Å². The third-order valence-electron chi connectivity index (χ3n) is 3.01. The van der Waals surface area contributed by atoms with E-state index < -0.39 is 10.0 Å². The number of furan rings is 1. The summed E-state index contributed by atoms with van der Waals surface area (Å²) in [4.78, 5) is 0.00917. The van der Waals surface area contributed by atoms with Crippen LogP contribution in [0.3, 0.4) is 0 Å². The average molecular weight is 374 g/mol. The van der Waals surface area contributed by atoms with E-state index in [0.717, 1.165) is 5.56 Å². The highest BCUT2D eigenvalue weighted by Crippen LogP contribution is 2.31. The van der Waals surface area contributed by atoms with E-state index in [0.29, 0.717) is 5.69 Å². The number of hydrogen-bond acceptors (Lipinski definition) is 4. The molecule has 0 aliphatic carbocycles. The molecule has 7 heteroatoms. The molecule has 0 aliphatic heterocycles. The molecular formula is C14H16BrNO4S. The second kappa shape index (κ2) is 6.21. The summed E-state index contributed by atoms with van der Waals surface area (Å²) in [7, 11) is -3.76. The van der Waals surface area contributed by atoms with Crippen molar-refractivity contribution in [3.8, 4) is 0 Å². The van der Waals surface area contributed by atoms with Crippen LogP contribution in [0.2, 0.25) is 0 Å². The van der Waals surface area contributed by atoms with Gasteiger partial charge in [0.2, 0.25) is 0 Å². The quantitative estimate of drug-likeness (QED) is 0.873. The first-order chi connectivity index (χ1) is 9.90. The van der Waals surface area contributed by atoms with Crippen LogP contribution < -0.4 is 4.31 Å². The molecule has 1 N–H and O–H groups in total. The van der Waals surface area contributed by atoms with Crippen molar-refractivity contribution >= 4 is 31.6 Å². The average Bonchev–Trinajstić information content (AvgIpc) is 2.81. The zero-order valence-electron chi connectivity index (χ0n) is 11.7. The number of sulfonamides is 1. The van der Waals surface area contributed by atoms with Crippen LogP contribution in [0.25, 0.3) is 0 Å². The molecule has 2 aromatic rings. The highest BCUT2D eigenvalue weighted by molar-refractivity contribution is 9.10. The molecule has 0 radical (unpaired) electrons. The minimum Gasteiger partial charge on any atom is -0.450 e. The van der Waals surface area contributed by atoms with Crippen LogP contribution in [0.5, 0.6) is 0 Å². The molecule has 0 saturated carbocycles. The molecule has 0 saturated heterocycles. The van der Waals surface area contributed by atoms with E-state index in [9.17, 15) is 8.42 Å². The van der Waals surface area contributed by atoms with E-state index in [4.69, 9.17) is 9.52 Å². The highest BCUT2D eigenvalue weighted by atomic mass is 79.9. The van der Waals surface area contributed by atoms with Crippen LogP contribution in [-0.2, 0) is 16.6 Å². The van der Waals surface area contributed by atoms with Crippen LogP contribution in [0.4, 0.5) is 5.69 Å². The minimum absolute atomic E-state index is 0.00917. The van der Waals surface area contributed by atoms with Crippen molar-refractivity contribution < 1.29 is 17.9 Å². The molecule has 1 heterocycles. The first-order valence-electron chi connectivity index (χ1n) is 6.38. The van der Waals surface area contributed by atoms with Gasteiger partial charge in [-0.3, -0.25) is 4.31 Å². The molecule has 1 aromatic carbocycles. The monoisotopic (exact) mass is 373 g/mol. The highest BCUT2D eigenvalue weighted by Gasteiger charge is 2.29. The first kappa shape index (κ1) is 16.1. The number of anilines is 1. The van der Waals surface area contributed by atoms with E-state index in [-0.39, 0.29) is 28.5 Å². The zero-order valence-corrected chi connectivity index (χ0v) is 14.1. The van der Waals surface area contributed by atoms with Gasteiger partial charge < -0.3 is 9.52 Å². The summed E-state index contributed by atoms with van der Waals surface area (Å²) in [5, 5.41) is 9.07. The van der Waals surface area contributed by atoms with Crippen LogP contribution in [0, 0.1) is 6.92 Å². The predicted octanol–water partition coefficient (Wildman–Crippen LogP) is 3.06. The Hall–Kier alpha value is -1.31. The summed E-state index contributed by atoms with van der Waals surface area (Å²) >= 11 is 3.09. The lowest BCUT2D eigenvalue weighted by Crippen LogP contribution is -2.30. The zero-order chi connectivity index (χ0) is 15.6. The van der Waals surface area contributed by atoms with Crippen molar-refractivity contribution in [2.75, 3.05) is 10.8 Å². The van der Waals surface area contributed by atoms with Crippen LogP contribution >= 0.6 is 15.9 Å². The summed E-state index contributed by atoms with van der Waals surface area (Å²) < 4.78 is 32.1. The van der Waals surface area contributed by atoms with Crippen molar-refractivity contribution in [2.24, 2.45) is 0 Å². The topological polar surface area (TPSA) is 70.8 Å². The molecule has 5 nitrogen and oxygen atoms in total. The number of hydrogen-bond donors (Lipinski definition) is 1. The molecule has 0 amide bonds. The fourth-order valence-corrected chi connectivity index (χ4v) is 4.47. The van der Waals surface area contributed by atoms with Crippen molar-refractivity contribution in [3.05, 3.63) is 46.3 Å². The van der Waals surface area contributed by atoms with Gasteiger partial charge in [0.1, 0.15) is 17.3 Å². The number of halogens is 1. The predicted molar refractivity (Wildman–Crippen MR) is 83.7 cm³/mol. The Labute approximate surface area is 132 Å². The standard InChI is InChI=1S/C14H16BrNO4S/c1-3-16(11-6-4-5-10(2)7-11)21(18,19)13-8-12(9-17)20-14(13)15/h4-8,17H,3,9H2,1-2H3. The van der Waals surface area contributed by atoms with E-state index >= 15 is 0 Å². The summed E-state index contributed by atoms with van der Waals surface area (Å²) in [6, 6.07) is 8.60. The lowest BCUT2D eigenvalue weighted by atomic mass is 10.2. The molecular weight excluding hydrogens is 358 g/mol. The Bertz CT molecular complexity index is 739. The van der Waals surface area contributed by atoms with Crippen LogP contribution in [0.1, 0.15) is 18.2 Å². The number of rotatable bonds is 5. The van der Waals surface area contributed by atoms with Crippen LogP contribution in [-0.4, -0.2) is 20.1 Å². The molecule has 2 rings (SSSR count). The Morgan fingerprint density at radius 1 is 1.33 bits per heavy atom. The minimum atomic E-state index is -3.76. The van der Waals surface area contributed by atoms with Gasteiger partial charge in [0.25, 0.3) is 10.0 Å². The Balaban J connectivity index is 2.51. The molecule has 1 aromatic heterocycles. The fourth-order valence-electron chi connectivity index (χ4n) is 2.04. The number of nitrogens with zero attached hydrogens (tertiary/aromatic N) is 1. The maximum Gasteiger partial charge on any atom is 0.268 e. The van der Waals surface area contributed by atoms with Gasteiger partial charge in [0.15, 0.2) is 4.67 Å². The third kappa shape index (κ3) is 3.14. The maximum absolute atomic E-state index is 12.8. The Morgan fingerprint density at radius 2 is 2.05 bits per heavy atom. The third-order valence-corrected chi connectivity index (χ3v) is 5.77. The second-order valence-electron chi connectivity index (χ2n) is 4.52. The van der Waals surface area contributed by atoms with Crippen LogP contribution in [0.15, 0.2) is 44.3 Å². The van der Waals surface area contributed by atoms with Crippen molar-refractivity contribution in [1.29, 1.82) is 0 Å². The molecule has 0 fully saturated rings. The molecule has 114 valence electrons. The lowest BCUT2D eigenvalue weighted by molar-refractivity contribution is 0.245. The normalized spacial score (nSPS) is 11.6. The van der Waals surface area contributed by atoms with E-state index in [1.54, 1.807) is 13.0 Å². The van der Waals surface area contributed by atoms with E-state index in [1.807, 2.05) is 25.1 Å². The van der Waals surface area contributed by atoms with Gasteiger partial charge in [-0.15, -0.1) is 0 Å². The van der Waals surface area contributed by atoms with E-state index in [1.165, 1.54) is 10.4 Å². The van der Waals surface area contributed by atoms with Gasteiger partial charge in [-0.05, 0) is 47.5 Å². The number of aliphatic hydroxyl groups is 1. The number of benzene rings is 1. The molecule has 0 bridgehead atoms.